The molecule has 1 aromatic heterocycles. The molecule has 6 heteroatoms. The molecule has 0 unspecified atom stereocenters. The molecule has 2 aromatic rings. The molecule has 1 amide bonds. The Morgan fingerprint density at radius 1 is 1.21 bits per heavy atom. The number of methoxy groups -OCH3 is 1. The highest BCUT2D eigenvalue weighted by molar-refractivity contribution is 5.97. The van der Waals surface area contributed by atoms with Crippen molar-refractivity contribution in [3.05, 3.63) is 48.3 Å². The summed E-state index contributed by atoms with van der Waals surface area (Å²) in [5.41, 5.74) is 2.11. The Hall–Kier alpha value is -2.89. The molecule has 0 saturated carbocycles. The standard InChI is InChI=1S/C18H18N2O4/c1-24-15-6-4-12(5-7-15)13-9-14(11-19-10-13)17(21)20-8-2-3-16(20)18(22)23/h4-7,9-11,16H,2-3,8H2,1H3,(H,22,23)/t16-/m0/s1. The van der Waals surface area contributed by atoms with E-state index in [9.17, 15) is 14.7 Å². The second-order valence-corrected chi connectivity index (χ2v) is 5.69. The number of benzene rings is 1. The molecule has 0 bridgehead atoms. The van der Waals surface area contributed by atoms with Gasteiger partial charge in [0.25, 0.3) is 5.91 Å². The first-order valence-corrected chi connectivity index (χ1v) is 7.73. The Kier molecular flexibility index (Phi) is 4.46. The predicted octanol–water partition coefficient (Wildman–Crippen LogP) is 2.45. The number of aromatic nitrogens is 1. The Balaban J connectivity index is 1.87. The molecule has 3 rings (SSSR count). The van der Waals surface area contributed by atoms with E-state index in [0.29, 0.717) is 24.9 Å². The molecule has 1 saturated heterocycles. The fraction of sp³-hybridized carbons (Fsp3) is 0.278. The average molecular weight is 326 g/mol. The summed E-state index contributed by atoms with van der Waals surface area (Å²) in [6, 6.07) is 8.45. The van der Waals surface area contributed by atoms with Gasteiger partial charge in [0.05, 0.1) is 12.7 Å². The van der Waals surface area contributed by atoms with E-state index in [-0.39, 0.29) is 5.91 Å². The number of rotatable bonds is 4. The molecule has 0 radical (unpaired) electrons. The first-order valence-electron chi connectivity index (χ1n) is 7.73. The normalized spacial score (nSPS) is 16.9. The first-order chi connectivity index (χ1) is 11.6. The van der Waals surface area contributed by atoms with Gasteiger partial charge in [-0.15, -0.1) is 0 Å². The van der Waals surface area contributed by atoms with E-state index in [2.05, 4.69) is 4.98 Å². The van der Waals surface area contributed by atoms with Crippen LogP contribution in [0.3, 0.4) is 0 Å². The third kappa shape index (κ3) is 3.08. The van der Waals surface area contributed by atoms with Crippen LogP contribution in [0.4, 0.5) is 0 Å². The van der Waals surface area contributed by atoms with Gasteiger partial charge in [-0.25, -0.2) is 4.79 Å². The van der Waals surface area contributed by atoms with Crippen molar-refractivity contribution < 1.29 is 19.4 Å². The molecule has 1 aromatic carbocycles. The second-order valence-electron chi connectivity index (χ2n) is 5.69. The average Bonchev–Trinajstić information content (AvgIpc) is 3.11. The third-order valence-corrected chi connectivity index (χ3v) is 4.21. The van der Waals surface area contributed by atoms with Gasteiger partial charge < -0.3 is 14.7 Å². The molecule has 1 fully saturated rings. The van der Waals surface area contributed by atoms with Gasteiger partial charge in [-0.3, -0.25) is 9.78 Å². The van der Waals surface area contributed by atoms with E-state index in [1.54, 1.807) is 19.4 Å². The van der Waals surface area contributed by atoms with Crippen LogP contribution in [0.25, 0.3) is 11.1 Å². The zero-order valence-electron chi connectivity index (χ0n) is 13.3. The monoisotopic (exact) mass is 326 g/mol. The van der Waals surface area contributed by atoms with E-state index in [0.717, 1.165) is 16.9 Å². The van der Waals surface area contributed by atoms with Crippen LogP contribution in [0.1, 0.15) is 23.2 Å². The summed E-state index contributed by atoms with van der Waals surface area (Å²) in [5, 5.41) is 9.24. The molecule has 1 atom stereocenters. The molecule has 1 aliphatic rings. The summed E-state index contributed by atoms with van der Waals surface area (Å²) in [5.74, 6) is -0.497. The Bertz CT molecular complexity index is 758. The van der Waals surface area contributed by atoms with Crippen molar-refractivity contribution >= 4 is 11.9 Å². The van der Waals surface area contributed by atoms with Gasteiger partial charge in [-0.2, -0.15) is 0 Å². The molecular formula is C18H18N2O4. The van der Waals surface area contributed by atoms with Gasteiger partial charge in [0.15, 0.2) is 0 Å². The molecular weight excluding hydrogens is 308 g/mol. The van der Waals surface area contributed by atoms with Crippen molar-refractivity contribution in [1.82, 2.24) is 9.88 Å². The minimum Gasteiger partial charge on any atom is -0.497 e. The highest BCUT2D eigenvalue weighted by atomic mass is 16.5. The molecule has 1 aliphatic heterocycles. The lowest BCUT2D eigenvalue weighted by molar-refractivity contribution is -0.141. The van der Waals surface area contributed by atoms with Gasteiger partial charge >= 0.3 is 5.97 Å². The van der Waals surface area contributed by atoms with Crippen LogP contribution in [0.15, 0.2) is 42.7 Å². The summed E-state index contributed by atoms with van der Waals surface area (Å²) in [6.07, 6.45) is 4.35. The maximum Gasteiger partial charge on any atom is 0.326 e. The summed E-state index contributed by atoms with van der Waals surface area (Å²) in [6.45, 7) is 0.461. The molecule has 0 spiro atoms. The second kappa shape index (κ2) is 6.70. The number of carbonyl (C=O) groups is 2. The Morgan fingerprint density at radius 2 is 1.96 bits per heavy atom. The fourth-order valence-corrected chi connectivity index (χ4v) is 2.93. The number of hydrogen-bond acceptors (Lipinski definition) is 4. The SMILES string of the molecule is COc1ccc(-c2cncc(C(=O)N3CCC[C@H]3C(=O)O)c2)cc1. The number of likely N-dealkylation sites (tertiary alicyclic amines) is 1. The zero-order chi connectivity index (χ0) is 17.1. The molecule has 2 heterocycles. The number of amides is 1. The van der Waals surface area contributed by atoms with Crippen LogP contribution in [0.2, 0.25) is 0 Å². The van der Waals surface area contributed by atoms with Crippen LogP contribution in [0, 0.1) is 0 Å². The number of aliphatic carboxylic acids is 1. The predicted molar refractivity (Wildman–Crippen MR) is 87.9 cm³/mol. The number of carbonyl (C=O) groups excluding carboxylic acids is 1. The van der Waals surface area contributed by atoms with E-state index in [1.807, 2.05) is 24.3 Å². The molecule has 0 aliphatic carbocycles. The third-order valence-electron chi connectivity index (χ3n) is 4.21. The molecule has 24 heavy (non-hydrogen) atoms. The fourth-order valence-electron chi connectivity index (χ4n) is 2.93. The highest BCUT2D eigenvalue weighted by Crippen LogP contribution is 2.25. The minimum atomic E-state index is -0.958. The van der Waals surface area contributed by atoms with Crippen molar-refractivity contribution in [2.24, 2.45) is 0 Å². The van der Waals surface area contributed by atoms with Crippen LogP contribution >= 0.6 is 0 Å². The number of carboxylic acid groups (broad SMARTS) is 1. The van der Waals surface area contributed by atoms with Gasteiger partial charge in [0.2, 0.25) is 0 Å². The van der Waals surface area contributed by atoms with E-state index in [1.165, 1.54) is 11.1 Å². The van der Waals surface area contributed by atoms with Crippen LogP contribution in [0.5, 0.6) is 5.75 Å². The van der Waals surface area contributed by atoms with E-state index >= 15 is 0 Å². The van der Waals surface area contributed by atoms with Crippen LogP contribution in [-0.2, 0) is 4.79 Å². The van der Waals surface area contributed by atoms with Crippen LogP contribution in [-0.4, -0.2) is 46.6 Å². The molecule has 1 N–H and O–H groups in total. The highest BCUT2D eigenvalue weighted by Gasteiger charge is 2.34. The topological polar surface area (TPSA) is 79.7 Å². The number of carboxylic acids is 1. The van der Waals surface area contributed by atoms with Crippen molar-refractivity contribution in [1.29, 1.82) is 0 Å². The van der Waals surface area contributed by atoms with Gasteiger partial charge in [0.1, 0.15) is 11.8 Å². The number of pyridine rings is 1. The first kappa shape index (κ1) is 16.0. The lowest BCUT2D eigenvalue weighted by Gasteiger charge is -2.21. The van der Waals surface area contributed by atoms with Crippen molar-refractivity contribution in [2.45, 2.75) is 18.9 Å². The number of ether oxygens (including phenoxy) is 1. The summed E-state index contributed by atoms with van der Waals surface area (Å²) >= 11 is 0. The van der Waals surface area contributed by atoms with Gasteiger partial charge in [-0.05, 0) is 36.6 Å². The van der Waals surface area contributed by atoms with Gasteiger partial charge in [-0.1, -0.05) is 12.1 Å². The lowest BCUT2D eigenvalue weighted by Crippen LogP contribution is -2.40. The molecule has 124 valence electrons. The van der Waals surface area contributed by atoms with Gasteiger partial charge in [0, 0.05) is 24.5 Å². The maximum atomic E-state index is 12.6. The van der Waals surface area contributed by atoms with Crippen LogP contribution < -0.4 is 4.74 Å². The Morgan fingerprint density at radius 3 is 2.62 bits per heavy atom. The van der Waals surface area contributed by atoms with E-state index in [4.69, 9.17) is 4.74 Å². The maximum absolute atomic E-state index is 12.6. The molecule has 6 nitrogen and oxygen atoms in total. The number of nitrogens with zero attached hydrogens (tertiary/aromatic N) is 2. The van der Waals surface area contributed by atoms with E-state index < -0.39 is 12.0 Å². The largest absolute Gasteiger partial charge is 0.497 e. The van der Waals surface area contributed by atoms with Crippen molar-refractivity contribution in [2.75, 3.05) is 13.7 Å². The Labute approximate surface area is 139 Å². The summed E-state index contributed by atoms with van der Waals surface area (Å²) in [4.78, 5) is 29.5. The minimum absolute atomic E-state index is 0.289. The number of hydrogen-bond donors (Lipinski definition) is 1. The van der Waals surface area contributed by atoms with Crippen molar-refractivity contribution in [3.63, 3.8) is 0 Å². The smallest absolute Gasteiger partial charge is 0.326 e. The zero-order valence-corrected chi connectivity index (χ0v) is 13.3. The summed E-state index contributed by atoms with van der Waals surface area (Å²) in [7, 11) is 1.60. The lowest BCUT2D eigenvalue weighted by atomic mass is 10.1. The summed E-state index contributed by atoms with van der Waals surface area (Å²) < 4.78 is 5.14. The van der Waals surface area contributed by atoms with Crippen molar-refractivity contribution in [3.8, 4) is 16.9 Å². The quantitative estimate of drug-likeness (QED) is 0.933.